The Morgan fingerprint density at radius 3 is 2.69 bits per heavy atom. The number of methoxy groups -OCH3 is 1. The lowest BCUT2D eigenvalue weighted by Gasteiger charge is -2.14. The van der Waals surface area contributed by atoms with Crippen LogP contribution in [0.5, 0.6) is 5.75 Å². The number of hydrogen-bond acceptors (Lipinski definition) is 4. The first-order valence-electron chi connectivity index (χ1n) is 9.37. The standard InChI is InChI=1S/C22H25FN4O2/c1-15-4-5-17(20(12-15)28-3)13-26-22(24-2)25-11-10-19-14-29-21(27-19)16-6-8-18(23)9-7-16/h4-9,12,14H,10-11,13H2,1-3H3,(H2,24,25,26). The monoisotopic (exact) mass is 396 g/mol. The van der Waals surface area contributed by atoms with Gasteiger partial charge in [-0.3, -0.25) is 4.99 Å². The van der Waals surface area contributed by atoms with Crippen LogP contribution in [0, 0.1) is 12.7 Å². The zero-order valence-corrected chi connectivity index (χ0v) is 16.8. The summed E-state index contributed by atoms with van der Waals surface area (Å²) >= 11 is 0. The van der Waals surface area contributed by atoms with Crippen molar-refractivity contribution in [1.82, 2.24) is 15.6 Å². The van der Waals surface area contributed by atoms with E-state index in [1.54, 1.807) is 32.6 Å². The molecule has 0 amide bonds. The van der Waals surface area contributed by atoms with Gasteiger partial charge in [0.15, 0.2) is 5.96 Å². The van der Waals surface area contributed by atoms with E-state index in [9.17, 15) is 4.39 Å². The van der Waals surface area contributed by atoms with Crippen molar-refractivity contribution in [3.8, 4) is 17.2 Å². The predicted molar refractivity (Wildman–Crippen MR) is 112 cm³/mol. The van der Waals surface area contributed by atoms with Gasteiger partial charge in [-0.2, -0.15) is 0 Å². The van der Waals surface area contributed by atoms with Crippen molar-refractivity contribution in [2.24, 2.45) is 4.99 Å². The molecule has 3 rings (SSSR count). The van der Waals surface area contributed by atoms with Gasteiger partial charge in [-0.25, -0.2) is 9.37 Å². The maximum absolute atomic E-state index is 13.0. The van der Waals surface area contributed by atoms with Gasteiger partial charge in [0.1, 0.15) is 17.8 Å². The number of nitrogens with one attached hydrogen (secondary N) is 2. The molecule has 2 N–H and O–H groups in total. The van der Waals surface area contributed by atoms with Gasteiger partial charge < -0.3 is 19.8 Å². The van der Waals surface area contributed by atoms with Crippen molar-refractivity contribution in [1.29, 1.82) is 0 Å². The van der Waals surface area contributed by atoms with E-state index in [-0.39, 0.29) is 5.82 Å². The van der Waals surface area contributed by atoms with Gasteiger partial charge in [0.05, 0.1) is 12.8 Å². The second-order valence-corrected chi connectivity index (χ2v) is 6.57. The molecule has 0 aliphatic carbocycles. The second-order valence-electron chi connectivity index (χ2n) is 6.57. The Bertz CT molecular complexity index is 967. The summed E-state index contributed by atoms with van der Waals surface area (Å²) in [7, 11) is 3.40. The van der Waals surface area contributed by atoms with E-state index in [2.05, 4.69) is 26.7 Å². The Morgan fingerprint density at radius 2 is 1.97 bits per heavy atom. The molecule has 2 aromatic carbocycles. The third-order valence-corrected chi connectivity index (χ3v) is 4.43. The normalized spacial score (nSPS) is 11.4. The van der Waals surface area contributed by atoms with E-state index in [0.29, 0.717) is 31.4 Å². The van der Waals surface area contributed by atoms with E-state index >= 15 is 0 Å². The molecule has 29 heavy (non-hydrogen) atoms. The molecule has 0 aliphatic heterocycles. The molecule has 3 aromatic rings. The minimum atomic E-state index is -0.285. The molecular weight excluding hydrogens is 371 g/mol. The van der Waals surface area contributed by atoms with Crippen LogP contribution in [0.15, 0.2) is 58.1 Å². The molecule has 0 radical (unpaired) electrons. The third kappa shape index (κ3) is 5.57. The first kappa shape index (κ1) is 20.4. The van der Waals surface area contributed by atoms with Gasteiger partial charge in [0.2, 0.25) is 5.89 Å². The average Bonchev–Trinajstić information content (AvgIpc) is 3.20. The number of benzene rings is 2. The largest absolute Gasteiger partial charge is 0.496 e. The van der Waals surface area contributed by atoms with Crippen molar-refractivity contribution in [3.05, 3.63) is 71.4 Å². The van der Waals surface area contributed by atoms with Crippen LogP contribution >= 0.6 is 0 Å². The number of aryl methyl sites for hydroxylation is 1. The number of aromatic nitrogens is 1. The molecule has 7 heteroatoms. The molecular formula is C22H25FN4O2. The van der Waals surface area contributed by atoms with Crippen molar-refractivity contribution < 1.29 is 13.5 Å². The smallest absolute Gasteiger partial charge is 0.226 e. The number of rotatable bonds is 7. The average molecular weight is 396 g/mol. The van der Waals surface area contributed by atoms with Gasteiger partial charge in [-0.05, 0) is 42.8 Å². The Hall–Kier alpha value is -3.35. The number of nitrogens with zero attached hydrogens (tertiary/aromatic N) is 2. The van der Waals surface area contributed by atoms with E-state index in [4.69, 9.17) is 9.15 Å². The number of ether oxygens (including phenoxy) is 1. The van der Waals surface area contributed by atoms with Gasteiger partial charge in [0.25, 0.3) is 0 Å². The molecule has 1 heterocycles. The molecule has 0 spiro atoms. The van der Waals surface area contributed by atoms with Gasteiger partial charge in [-0.15, -0.1) is 0 Å². The molecule has 0 fully saturated rings. The summed E-state index contributed by atoms with van der Waals surface area (Å²) in [4.78, 5) is 8.69. The predicted octanol–water partition coefficient (Wildman–Crippen LogP) is 3.71. The maximum atomic E-state index is 13.0. The third-order valence-electron chi connectivity index (χ3n) is 4.43. The van der Waals surface area contributed by atoms with E-state index in [1.165, 1.54) is 12.1 Å². The first-order valence-corrected chi connectivity index (χ1v) is 9.37. The van der Waals surface area contributed by atoms with Crippen LogP contribution in [0.2, 0.25) is 0 Å². The number of oxazole rings is 1. The van der Waals surface area contributed by atoms with Crippen LogP contribution in [0.25, 0.3) is 11.5 Å². The van der Waals surface area contributed by atoms with Crippen LogP contribution in [0.3, 0.4) is 0 Å². The summed E-state index contributed by atoms with van der Waals surface area (Å²) in [6.45, 7) is 3.27. The Labute approximate surface area is 169 Å². The fraction of sp³-hybridized carbons (Fsp3) is 0.273. The molecule has 0 saturated heterocycles. The van der Waals surface area contributed by atoms with E-state index < -0.39 is 0 Å². The van der Waals surface area contributed by atoms with Crippen LogP contribution in [0.1, 0.15) is 16.8 Å². The number of halogens is 1. The topological polar surface area (TPSA) is 71.7 Å². The fourth-order valence-electron chi connectivity index (χ4n) is 2.85. The minimum absolute atomic E-state index is 0.285. The summed E-state index contributed by atoms with van der Waals surface area (Å²) in [5.41, 5.74) is 3.77. The SMILES string of the molecule is CN=C(NCCc1coc(-c2ccc(F)cc2)n1)NCc1ccc(C)cc1OC. The van der Waals surface area contributed by atoms with Crippen LogP contribution < -0.4 is 15.4 Å². The van der Waals surface area contributed by atoms with Gasteiger partial charge in [-0.1, -0.05) is 12.1 Å². The summed E-state index contributed by atoms with van der Waals surface area (Å²) in [6.07, 6.45) is 2.28. The zero-order chi connectivity index (χ0) is 20.6. The molecule has 1 aromatic heterocycles. The van der Waals surface area contributed by atoms with Gasteiger partial charge in [0, 0.05) is 37.7 Å². The van der Waals surface area contributed by atoms with Crippen LogP contribution in [-0.2, 0) is 13.0 Å². The van der Waals surface area contributed by atoms with E-state index in [0.717, 1.165) is 28.1 Å². The molecule has 0 aliphatic rings. The van der Waals surface area contributed by atoms with Crippen molar-refractivity contribution in [2.75, 3.05) is 20.7 Å². The molecule has 152 valence electrons. The van der Waals surface area contributed by atoms with Crippen molar-refractivity contribution >= 4 is 5.96 Å². The first-order chi connectivity index (χ1) is 14.1. The highest BCUT2D eigenvalue weighted by molar-refractivity contribution is 5.79. The lowest BCUT2D eigenvalue weighted by atomic mass is 10.1. The number of aliphatic imine (C=N–C) groups is 1. The second kappa shape index (κ2) is 9.73. The molecule has 6 nitrogen and oxygen atoms in total. The van der Waals surface area contributed by atoms with Crippen molar-refractivity contribution in [3.63, 3.8) is 0 Å². The van der Waals surface area contributed by atoms with Crippen LogP contribution in [0.4, 0.5) is 4.39 Å². The highest BCUT2D eigenvalue weighted by Crippen LogP contribution is 2.20. The Kier molecular flexibility index (Phi) is 6.84. The van der Waals surface area contributed by atoms with E-state index in [1.807, 2.05) is 19.1 Å². The summed E-state index contributed by atoms with van der Waals surface area (Å²) < 4.78 is 24.0. The minimum Gasteiger partial charge on any atom is -0.496 e. The highest BCUT2D eigenvalue weighted by Gasteiger charge is 2.08. The quantitative estimate of drug-likeness (QED) is 0.471. The Morgan fingerprint density at radius 1 is 1.17 bits per heavy atom. The summed E-state index contributed by atoms with van der Waals surface area (Å²) in [5.74, 6) is 1.74. The summed E-state index contributed by atoms with van der Waals surface area (Å²) in [6, 6.07) is 12.2. The molecule has 0 atom stereocenters. The van der Waals surface area contributed by atoms with Crippen molar-refractivity contribution in [2.45, 2.75) is 19.9 Å². The fourth-order valence-corrected chi connectivity index (χ4v) is 2.85. The lowest BCUT2D eigenvalue weighted by molar-refractivity contribution is 0.408. The highest BCUT2D eigenvalue weighted by atomic mass is 19.1. The molecule has 0 saturated carbocycles. The van der Waals surface area contributed by atoms with Gasteiger partial charge >= 0.3 is 0 Å². The number of hydrogen-bond donors (Lipinski definition) is 2. The zero-order valence-electron chi connectivity index (χ0n) is 16.8. The van der Waals surface area contributed by atoms with Crippen LogP contribution in [-0.4, -0.2) is 31.6 Å². The lowest BCUT2D eigenvalue weighted by Crippen LogP contribution is -2.37. The molecule has 0 bridgehead atoms. The maximum Gasteiger partial charge on any atom is 0.226 e. The molecule has 0 unspecified atom stereocenters. The summed E-state index contributed by atoms with van der Waals surface area (Å²) in [5, 5.41) is 6.54. The number of guanidine groups is 1. The Balaban J connectivity index is 1.50.